The van der Waals surface area contributed by atoms with Gasteiger partial charge in [-0.05, 0) is 23.6 Å². The van der Waals surface area contributed by atoms with E-state index in [-0.39, 0.29) is 18.1 Å². The largest absolute Gasteiger partial charge is 0.321 e. The molecule has 4 heteroatoms. The molecule has 1 rings (SSSR count). The highest BCUT2D eigenvalue weighted by Gasteiger charge is 2.17. The van der Waals surface area contributed by atoms with Crippen molar-refractivity contribution in [3.63, 3.8) is 0 Å². The number of rotatable bonds is 4. The molecular weight excluding hydrogens is 212 g/mol. The molecule has 2 nitrogen and oxygen atoms in total. The number of benzene rings is 1. The topological polar surface area (TPSA) is 43.1 Å². The summed E-state index contributed by atoms with van der Waals surface area (Å²) >= 11 is 0. The SMILES string of the molecule is CC(C)C(N)C(=O)Cc1cc(F)cc(F)c1. The van der Waals surface area contributed by atoms with E-state index in [4.69, 9.17) is 5.73 Å². The molecule has 1 aromatic carbocycles. The number of carbonyl (C=O) groups excluding carboxylic acids is 1. The summed E-state index contributed by atoms with van der Waals surface area (Å²) < 4.78 is 25.7. The number of carbonyl (C=O) groups is 1. The van der Waals surface area contributed by atoms with Crippen LogP contribution in [-0.4, -0.2) is 11.8 Å². The molecule has 0 amide bonds. The lowest BCUT2D eigenvalue weighted by Crippen LogP contribution is -2.36. The van der Waals surface area contributed by atoms with E-state index in [9.17, 15) is 13.6 Å². The highest BCUT2D eigenvalue weighted by Crippen LogP contribution is 2.11. The third-order valence-electron chi connectivity index (χ3n) is 2.39. The Morgan fingerprint density at radius 1 is 1.25 bits per heavy atom. The van der Waals surface area contributed by atoms with Crippen molar-refractivity contribution in [3.8, 4) is 0 Å². The van der Waals surface area contributed by atoms with E-state index in [1.807, 2.05) is 13.8 Å². The predicted octanol–water partition coefficient (Wildman–Crippen LogP) is 2.06. The van der Waals surface area contributed by atoms with E-state index < -0.39 is 17.7 Å². The van der Waals surface area contributed by atoms with E-state index in [0.717, 1.165) is 18.2 Å². The Hall–Kier alpha value is -1.29. The molecule has 0 saturated carbocycles. The fourth-order valence-corrected chi connectivity index (χ4v) is 1.40. The maximum Gasteiger partial charge on any atom is 0.154 e. The number of hydrogen-bond donors (Lipinski definition) is 1. The molecule has 0 aliphatic rings. The van der Waals surface area contributed by atoms with Crippen molar-refractivity contribution in [1.29, 1.82) is 0 Å². The van der Waals surface area contributed by atoms with Gasteiger partial charge in [-0.3, -0.25) is 4.79 Å². The summed E-state index contributed by atoms with van der Waals surface area (Å²) in [4.78, 5) is 11.6. The fraction of sp³-hybridized carbons (Fsp3) is 0.417. The number of halogens is 2. The van der Waals surface area contributed by atoms with Gasteiger partial charge in [-0.25, -0.2) is 8.78 Å². The highest BCUT2D eigenvalue weighted by molar-refractivity contribution is 5.86. The second-order valence-electron chi connectivity index (χ2n) is 4.19. The summed E-state index contributed by atoms with van der Waals surface area (Å²) in [6.45, 7) is 3.66. The average molecular weight is 227 g/mol. The quantitative estimate of drug-likeness (QED) is 0.855. The molecule has 0 heterocycles. The van der Waals surface area contributed by atoms with Gasteiger partial charge < -0.3 is 5.73 Å². The first-order chi connectivity index (χ1) is 7.40. The minimum absolute atomic E-state index is 0.0194. The Balaban J connectivity index is 2.77. The van der Waals surface area contributed by atoms with Gasteiger partial charge in [-0.2, -0.15) is 0 Å². The highest BCUT2D eigenvalue weighted by atomic mass is 19.1. The standard InChI is InChI=1S/C12H15F2NO/c1-7(2)12(15)11(16)5-8-3-9(13)6-10(14)4-8/h3-4,6-7,12H,5,15H2,1-2H3. The second-order valence-corrected chi connectivity index (χ2v) is 4.19. The van der Waals surface area contributed by atoms with Crippen molar-refractivity contribution in [2.75, 3.05) is 0 Å². The number of nitrogens with two attached hydrogens (primary N) is 1. The van der Waals surface area contributed by atoms with E-state index in [1.165, 1.54) is 0 Å². The monoisotopic (exact) mass is 227 g/mol. The summed E-state index contributed by atoms with van der Waals surface area (Å²) in [5, 5.41) is 0. The van der Waals surface area contributed by atoms with Crippen LogP contribution in [-0.2, 0) is 11.2 Å². The van der Waals surface area contributed by atoms with Crippen molar-refractivity contribution < 1.29 is 13.6 Å². The smallest absolute Gasteiger partial charge is 0.154 e. The summed E-state index contributed by atoms with van der Waals surface area (Å²) in [5.74, 6) is -1.55. The van der Waals surface area contributed by atoms with Crippen molar-refractivity contribution in [1.82, 2.24) is 0 Å². The molecule has 2 N–H and O–H groups in total. The fourth-order valence-electron chi connectivity index (χ4n) is 1.40. The van der Waals surface area contributed by atoms with E-state index in [2.05, 4.69) is 0 Å². The third kappa shape index (κ3) is 3.38. The van der Waals surface area contributed by atoms with Crippen LogP contribution in [0.1, 0.15) is 19.4 Å². The predicted molar refractivity (Wildman–Crippen MR) is 57.9 cm³/mol. The molecule has 16 heavy (non-hydrogen) atoms. The molecule has 0 saturated heterocycles. The van der Waals surface area contributed by atoms with Gasteiger partial charge in [0, 0.05) is 12.5 Å². The van der Waals surface area contributed by atoms with Crippen LogP contribution >= 0.6 is 0 Å². The molecule has 0 spiro atoms. The zero-order valence-electron chi connectivity index (χ0n) is 9.34. The number of hydrogen-bond acceptors (Lipinski definition) is 2. The molecular formula is C12H15F2NO. The molecule has 0 aliphatic heterocycles. The summed E-state index contributed by atoms with van der Waals surface area (Å²) in [5.41, 5.74) is 5.97. The Morgan fingerprint density at radius 3 is 2.19 bits per heavy atom. The van der Waals surface area contributed by atoms with Gasteiger partial charge in [0.2, 0.25) is 0 Å². The second kappa shape index (κ2) is 5.16. The first-order valence-corrected chi connectivity index (χ1v) is 5.13. The van der Waals surface area contributed by atoms with Crippen LogP contribution in [0.5, 0.6) is 0 Å². The minimum atomic E-state index is -0.680. The lowest BCUT2D eigenvalue weighted by Gasteiger charge is -2.14. The molecule has 0 aliphatic carbocycles. The molecule has 0 fully saturated rings. The van der Waals surface area contributed by atoms with Crippen LogP contribution < -0.4 is 5.73 Å². The third-order valence-corrected chi connectivity index (χ3v) is 2.39. The van der Waals surface area contributed by atoms with Crippen LogP contribution in [0.3, 0.4) is 0 Å². The maximum atomic E-state index is 12.9. The molecule has 0 radical (unpaired) electrons. The van der Waals surface area contributed by atoms with Crippen molar-refractivity contribution in [2.45, 2.75) is 26.3 Å². The molecule has 0 aromatic heterocycles. The van der Waals surface area contributed by atoms with Crippen molar-refractivity contribution in [2.24, 2.45) is 11.7 Å². The van der Waals surface area contributed by atoms with Gasteiger partial charge >= 0.3 is 0 Å². The Kier molecular flexibility index (Phi) is 4.12. The van der Waals surface area contributed by atoms with Crippen LogP contribution in [0.25, 0.3) is 0 Å². The summed E-state index contributed by atoms with van der Waals surface area (Å²) in [6.07, 6.45) is -0.0337. The van der Waals surface area contributed by atoms with Gasteiger partial charge in [-0.15, -0.1) is 0 Å². The molecule has 0 bridgehead atoms. The first-order valence-electron chi connectivity index (χ1n) is 5.13. The van der Waals surface area contributed by atoms with Crippen LogP contribution in [0.4, 0.5) is 8.78 Å². The van der Waals surface area contributed by atoms with Crippen LogP contribution in [0.2, 0.25) is 0 Å². The van der Waals surface area contributed by atoms with Gasteiger partial charge in [0.15, 0.2) is 5.78 Å². The van der Waals surface area contributed by atoms with Crippen molar-refractivity contribution >= 4 is 5.78 Å². The lowest BCUT2D eigenvalue weighted by atomic mass is 9.96. The minimum Gasteiger partial charge on any atom is -0.321 e. The Labute approximate surface area is 93.5 Å². The zero-order chi connectivity index (χ0) is 12.3. The molecule has 88 valence electrons. The van der Waals surface area contributed by atoms with Gasteiger partial charge in [0.1, 0.15) is 11.6 Å². The van der Waals surface area contributed by atoms with Crippen LogP contribution in [0.15, 0.2) is 18.2 Å². The maximum absolute atomic E-state index is 12.9. The van der Waals surface area contributed by atoms with Crippen molar-refractivity contribution in [3.05, 3.63) is 35.4 Å². The van der Waals surface area contributed by atoms with E-state index >= 15 is 0 Å². The van der Waals surface area contributed by atoms with Gasteiger partial charge in [0.25, 0.3) is 0 Å². The van der Waals surface area contributed by atoms with E-state index in [1.54, 1.807) is 0 Å². The molecule has 1 atom stereocenters. The average Bonchev–Trinajstić information content (AvgIpc) is 2.14. The molecule has 1 unspecified atom stereocenters. The zero-order valence-corrected chi connectivity index (χ0v) is 9.34. The van der Waals surface area contributed by atoms with Gasteiger partial charge in [-0.1, -0.05) is 13.8 Å². The molecule has 1 aromatic rings. The Morgan fingerprint density at radius 2 is 1.75 bits per heavy atom. The normalized spacial score (nSPS) is 12.9. The summed E-state index contributed by atoms with van der Waals surface area (Å²) in [6, 6.07) is 2.48. The van der Waals surface area contributed by atoms with E-state index in [0.29, 0.717) is 5.56 Å². The Bertz CT molecular complexity index is 370. The summed E-state index contributed by atoms with van der Waals surface area (Å²) in [7, 11) is 0. The first kappa shape index (κ1) is 12.8. The van der Waals surface area contributed by atoms with Gasteiger partial charge in [0.05, 0.1) is 6.04 Å². The van der Waals surface area contributed by atoms with Crippen LogP contribution in [0, 0.1) is 17.6 Å². The number of ketones is 1. The lowest BCUT2D eigenvalue weighted by molar-refractivity contribution is -0.120. The number of Topliss-reactive ketones (excluding diaryl/α,β-unsaturated/α-hetero) is 1.